The summed E-state index contributed by atoms with van der Waals surface area (Å²) >= 11 is 0. The van der Waals surface area contributed by atoms with Crippen molar-refractivity contribution < 1.29 is 4.74 Å². The molecule has 0 saturated carbocycles. The first-order valence-corrected chi connectivity index (χ1v) is 9.15. The van der Waals surface area contributed by atoms with Gasteiger partial charge in [0.05, 0.1) is 12.8 Å². The molecular formula is C23H27N3O. The van der Waals surface area contributed by atoms with Gasteiger partial charge in [-0.15, -0.1) is 0 Å². The number of anilines is 2. The molecule has 3 aromatic rings. The number of methoxy groups -OCH3 is 1. The zero-order valence-corrected chi connectivity index (χ0v) is 16.9. The molecule has 0 unspecified atom stereocenters. The standard InChI is InChI=1S/C23H27N3O/c1-15-21(17-8-7-9-20(14-17)27-6)24-16(2)25-22(15)26-19-12-10-18(11-13-19)23(3,4)5/h7-14H,1-6H3,(H,24,25,26). The Morgan fingerprint density at radius 1 is 0.926 bits per heavy atom. The van der Waals surface area contributed by atoms with Crippen LogP contribution in [0.1, 0.15) is 37.7 Å². The molecule has 4 heteroatoms. The zero-order valence-electron chi connectivity index (χ0n) is 16.9. The quantitative estimate of drug-likeness (QED) is 0.637. The number of aromatic nitrogens is 2. The lowest BCUT2D eigenvalue weighted by molar-refractivity contribution is 0.415. The fourth-order valence-corrected chi connectivity index (χ4v) is 2.99. The molecule has 0 spiro atoms. The summed E-state index contributed by atoms with van der Waals surface area (Å²) < 4.78 is 5.35. The van der Waals surface area contributed by atoms with Crippen LogP contribution >= 0.6 is 0 Å². The summed E-state index contributed by atoms with van der Waals surface area (Å²) in [6, 6.07) is 16.5. The van der Waals surface area contributed by atoms with E-state index in [4.69, 9.17) is 4.74 Å². The Hall–Kier alpha value is -2.88. The molecule has 0 amide bonds. The van der Waals surface area contributed by atoms with Crippen molar-refractivity contribution in [1.82, 2.24) is 9.97 Å². The van der Waals surface area contributed by atoms with Crippen LogP contribution in [0, 0.1) is 13.8 Å². The average Bonchev–Trinajstić information content (AvgIpc) is 2.64. The maximum absolute atomic E-state index is 5.35. The largest absolute Gasteiger partial charge is 0.497 e. The molecular weight excluding hydrogens is 334 g/mol. The van der Waals surface area contributed by atoms with Gasteiger partial charge in [-0.1, -0.05) is 45.0 Å². The van der Waals surface area contributed by atoms with Crippen LogP contribution in [0.3, 0.4) is 0 Å². The van der Waals surface area contributed by atoms with Crippen LogP contribution < -0.4 is 10.1 Å². The number of aryl methyl sites for hydroxylation is 1. The fourth-order valence-electron chi connectivity index (χ4n) is 2.99. The van der Waals surface area contributed by atoms with Crippen molar-refractivity contribution in [1.29, 1.82) is 0 Å². The van der Waals surface area contributed by atoms with Gasteiger partial charge < -0.3 is 10.1 Å². The number of benzene rings is 2. The Labute approximate surface area is 161 Å². The first kappa shape index (κ1) is 18.9. The fraction of sp³-hybridized carbons (Fsp3) is 0.304. The summed E-state index contributed by atoms with van der Waals surface area (Å²) in [5, 5.41) is 3.45. The van der Waals surface area contributed by atoms with Crippen LogP contribution in [0.2, 0.25) is 0 Å². The van der Waals surface area contributed by atoms with E-state index in [-0.39, 0.29) is 5.41 Å². The Morgan fingerprint density at radius 2 is 1.63 bits per heavy atom. The third kappa shape index (κ3) is 4.27. The van der Waals surface area contributed by atoms with E-state index in [0.717, 1.165) is 39.9 Å². The van der Waals surface area contributed by atoms with Gasteiger partial charge in [0.25, 0.3) is 0 Å². The van der Waals surface area contributed by atoms with E-state index in [0.29, 0.717) is 0 Å². The molecule has 0 aliphatic carbocycles. The molecule has 0 aliphatic rings. The van der Waals surface area contributed by atoms with Crippen molar-refractivity contribution in [3.05, 3.63) is 65.5 Å². The van der Waals surface area contributed by atoms with Crippen LogP contribution in [0.4, 0.5) is 11.5 Å². The predicted molar refractivity (Wildman–Crippen MR) is 112 cm³/mol. The van der Waals surface area contributed by atoms with Crippen molar-refractivity contribution in [2.75, 3.05) is 12.4 Å². The van der Waals surface area contributed by atoms with Gasteiger partial charge in [-0.05, 0) is 49.1 Å². The molecule has 0 fully saturated rings. The van der Waals surface area contributed by atoms with Crippen molar-refractivity contribution in [3.8, 4) is 17.0 Å². The third-order valence-corrected chi connectivity index (χ3v) is 4.61. The molecule has 1 heterocycles. The van der Waals surface area contributed by atoms with Crippen molar-refractivity contribution in [3.63, 3.8) is 0 Å². The maximum Gasteiger partial charge on any atom is 0.137 e. The molecule has 1 aromatic heterocycles. The molecule has 0 bridgehead atoms. The highest BCUT2D eigenvalue weighted by molar-refractivity contribution is 5.72. The van der Waals surface area contributed by atoms with Gasteiger partial charge in [-0.25, -0.2) is 9.97 Å². The predicted octanol–water partition coefficient (Wildman–Crippen LogP) is 5.81. The van der Waals surface area contributed by atoms with E-state index >= 15 is 0 Å². The van der Waals surface area contributed by atoms with Gasteiger partial charge in [0, 0.05) is 16.8 Å². The summed E-state index contributed by atoms with van der Waals surface area (Å²) in [6.45, 7) is 10.6. The van der Waals surface area contributed by atoms with E-state index in [1.54, 1.807) is 7.11 Å². The second-order valence-corrected chi connectivity index (χ2v) is 7.78. The van der Waals surface area contributed by atoms with E-state index in [1.165, 1.54) is 5.56 Å². The van der Waals surface area contributed by atoms with Crippen LogP contribution in [-0.4, -0.2) is 17.1 Å². The Balaban J connectivity index is 1.96. The molecule has 4 nitrogen and oxygen atoms in total. The first-order valence-electron chi connectivity index (χ1n) is 9.15. The molecule has 27 heavy (non-hydrogen) atoms. The Kier molecular flexibility index (Phi) is 5.17. The number of nitrogens with zero attached hydrogens (tertiary/aromatic N) is 2. The van der Waals surface area contributed by atoms with Gasteiger partial charge in [0.1, 0.15) is 17.4 Å². The van der Waals surface area contributed by atoms with Crippen molar-refractivity contribution >= 4 is 11.5 Å². The minimum atomic E-state index is 0.138. The van der Waals surface area contributed by atoms with Gasteiger partial charge in [-0.3, -0.25) is 0 Å². The number of nitrogens with one attached hydrogen (secondary N) is 1. The molecule has 3 rings (SSSR count). The molecule has 0 aliphatic heterocycles. The molecule has 0 atom stereocenters. The lowest BCUT2D eigenvalue weighted by Crippen LogP contribution is -2.10. The second kappa shape index (κ2) is 7.39. The number of ether oxygens (including phenoxy) is 1. The average molecular weight is 361 g/mol. The summed E-state index contributed by atoms with van der Waals surface area (Å²) in [7, 11) is 1.67. The van der Waals surface area contributed by atoms with Gasteiger partial charge in [-0.2, -0.15) is 0 Å². The minimum absolute atomic E-state index is 0.138. The molecule has 1 N–H and O–H groups in total. The topological polar surface area (TPSA) is 47.0 Å². The molecule has 0 saturated heterocycles. The zero-order chi connectivity index (χ0) is 19.6. The molecule has 2 aromatic carbocycles. The summed E-state index contributed by atoms with van der Waals surface area (Å²) in [5.74, 6) is 2.37. The summed E-state index contributed by atoms with van der Waals surface area (Å²) in [5.41, 5.74) is 5.40. The van der Waals surface area contributed by atoms with E-state index < -0.39 is 0 Å². The SMILES string of the molecule is COc1cccc(-c2nc(C)nc(Nc3ccc(C(C)(C)C)cc3)c2C)c1. The monoisotopic (exact) mass is 361 g/mol. The number of hydrogen-bond donors (Lipinski definition) is 1. The lowest BCUT2D eigenvalue weighted by atomic mass is 9.87. The highest BCUT2D eigenvalue weighted by Gasteiger charge is 2.14. The summed E-state index contributed by atoms with van der Waals surface area (Å²) in [4.78, 5) is 9.27. The highest BCUT2D eigenvalue weighted by atomic mass is 16.5. The van der Waals surface area contributed by atoms with Gasteiger partial charge >= 0.3 is 0 Å². The van der Waals surface area contributed by atoms with Gasteiger partial charge in [0.15, 0.2) is 0 Å². The van der Waals surface area contributed by atoms with Crippen molar-refractivity contribution in [2.24, 2.45) is 0 Å². The normalized spacial score (nSPS) is 11.3. The van der Waals surface area contributed by atoms with Gasteiger partial charge in [0.2, 0.25) is 0 Å². The van der Waals surface area contributed by atoms with E-state index in [1.807, 2.05) is 38.1 Å². The minimum Gasteiger partial charge on any atom is -0.497 e. The lowest BCUT2D eigenvalue weighted by Gasteiger charge is -2.19. The first-order chi connectivity index (χ1) is 12.8. The van der Waals surface area contributed by atoms with Crippen LogP contribution in [0.5, 0.6) is 5.75 Å². The highest BCUT2D eigenvalue weighted by Crippen LogP contribution is 2.30. The van der Waals surface area contributed by atoms with E-state index in [9.17, 15) is 0 Å². The number of rotatable bonds is 4. The van der Waals surface area contributed by atoms with Crippen LogP contribution in [-0.2, 0) is 5.41 Å². The third-order valence-electron chi connectivity index (χ3n) is 4.61. The molecule has 0 radical (unpaired) electrons. The maximum atomic E-state index is 5.35. The summed E-state index contributed by atoms with van der Waals surface area (Å²) in [6.07, 6.45) is 0. The van der Waals surface area contributed by atoms with Crippen LogP contribution in [0.15, 0.2) is 48.5 Å². The number of hydrogen-bond acceptors (Lipinski definition) is 4. The van der Waals surface area contributed by atoms with Crippen molar-refractivity contribution in [2.45, 2.75) is 40.0 Å². The second-order valence-electron chi connectivity index (χ2n) is 7.78. The Bertz CT molecular complexity index is 941. The Morgan fingerprint density at radius 3 is 2.26 bits per heavy atom. The van der Waals surface area contributed by atoms with Crippen LogP contribution in [0.25, 0.3) is 11.3 Å². The van der Waals surface area contributed by atoms with E-state index in [2.05, 4.69) is 60.3 Å². The molecule has 140 valence electrons. The smallest absolute Gasteiger partial charge is 0.137 e.